The van der Waals surface area contributed by atoms with Crippen LogP contribution in [0, 0.1) is 0 Å². The summed E-state index contributed by atoms with van der Waals surface area (Å²) in [4.78, 5) is 12.6. The van der Waals surface area contributed by atoms with Gasteiger partial charge in [0.1, 0.15) is 23.0 Å². The second kappa shape index (κ2) is 4.70. The monoisotopic (exact) mass is 347 g/mol. The summed E-state index contributed by atoms with van der Waals surface area (Å²) in [6.45, 7) is 0. The molecule has 0 bridgehead atoms. The fraction of sp³-hybridized carbons (Fsp3) is 0.0500. The Morgan fingerprint density at radius 1 is 0.885 bits per heavy atom. The van der Waals surface area contributed by atoms with E-state index in [0.717, 1.165) is 0 Å². The second-order valence-corrected chi connectivity index (χ2v) is 6.31. The van der Waals surface area contributed by atoms with E-state index >= 15 is 0 Å². The zero-order valence-electron chi connectivity index (χ0n) is 13.4. The number of ether oxygens (including phenoxy) is 2. The highest BCUT2D eigenvalue weighted by Gasteiger charge is 2.53. The van der Waals surface area contributed by atoms with Crippen LogP contribution in [-0.4, -0.2) is 16.2 Å². The molecule has 2 heterocycles. The molecule has 1 atom stereocenters. The van der Waals surface area contributed by atoms with Crippen molar-refractivity contribution in [2.45, 2.75) is 5.60 Å². The van der Waals surface area contributed by atoms with Crippen LogP contribution in [0.5, 0.6) is 23.0 Å². The minimum absolute atomic E-state index is 0.0135. The number of rotatable bonds is 0. The molecule has 0 radical (unpaired) electrons. The summed E-state index contributed by atoms with van der Waals surface area (Å²) in [6, 6.07) is 14.6. The van der Waals surface area contributed by atoms with Crippen LogP contribution in [0.1, 0.15) is 27.0 Å². The molecular weight excluding hydrogens is 334 g/mol. The molecule has 0 amide bonds. The van der Waals surface area contributed by atoms with Crippen molar-refractivity contribution in [1.29, 1.82) is 0 Å². The van der Waals surface area contributed by atoms with Gasteiger partial charge in [0.15, 0.2) is 5.60 Å². The van der Waals surface area contributed by atoms with Crippen LogP contribution in [0.2, 0.25) is 0 Å². The minimum atomic E-state index is -1.26. The fourth-order valence-corrected chi connectivity index (χ4v) is 3.71. The maximum atomic E-state index is 12.6. The Labute approximate surface area is 148 Å². The molecule has 3 aromatic rings. The highest BCUT2D eigenvalue weighted by molar-refractivity contribution is 5.97. The number of nitrogens with two attached hydrogens (primary N) is 1. The average molecular weight is 347 g/mol. The molecule has 26 heavy (non-hydrogen) atoms. The summed E-state index contributed by atoms with van der Waals surface area (Å²) in [5, 5.41) is 19.9. The number of nitrogen functional groups attached to an aromatic ring is 1. The first-order valence-corrected chi connectivity index (χ1v) is 7.98. The third-order valence-corrected chi connectivity index (χ3v) is 4.84. The average Bonchev–Trinajstić information content (AvgIpc) is 2.91. The molecule has 1 spiro atoms. The lowest BCUT2D eigenvalue weighted by molar-refractivity contribution is 0.0224. The van der Waals surface area contributed by atoms with Crippen molar-refractivity contribution < 1.29 is 24.5 Å². The van der Waals surface area contributed by atoms with Gasteiger partial charge < -0.3 is 25.4 Å². The van der Waals surface area contributed by atoms with E-state index in [2.05, 4.69) is 0 Å². The van der Waals surface area contributed by atoms with Crippen LogP contribution in [-0.2, 0) is 10.3 Å². The van der Waals surface area contributed by atoms with E-state index in [1.165, 1.54) is 18.2 Å². The quantitative estimate of drug-likeness (QED) is 0.328. The molecule has 0 saturated carbocycles. The number of phenols is 2. The molecule has 0 aliphatic carbocycles. The fourth-order valence-electron chi connectivity index (χ4n) is 3.71. The summed E-state index contributed by atoms with van der Waals surface area (Å²) in [5.41, 5.74) is 7.00. The van der Waals surface area contributed by atoms with Gasteiger partial charge in [-0.25, -0.2) is 4.79 Å². The number of phenolic OH excluding ortho intramolecular Hbond substituents is 2. The predicted octanol–water partition coefficient (Wildman–Crippen LogP) is 3.25. The normalized spacial score (nSPS) is 19.3. The molecule has 5 rings (SSSR count). The molecule has 2 aliphatic rings. The summed E-state index contributed by atoms with van der Waals surface area (Å²) < 4.78 is 11.8. The summed E-state index contributed by atoms with van der Waals surface area (Å²) in [6.07, 6.45) is 0. The van der Waals surface area contributed by atoms with Crippen molar-refractivity contribution in [2.24, 2.45) is 0 Å². The Morgan fingerprint density at radius 3 is 2.50 bits per heavy atom. The Hall–Kier alpha value is -3.67. The first-order chi connectivity index (χ1) is 12.5. The smallest absolute Gasteiger partial charge is 0.340 e. The third kappa shape index (κ3) is 1.68. The van der Waals surface area contributed by atoms with Gasteiger partial charge in [-0.15, -0.1) is 0 Å². The SMILES string of the molecule is Nc1cc2c(cc1O)Oc1cc(O)ccc1C21OC(=O)c2ccccc21. The largest absolute Gasteiger partial charge is 0.508 e. The van der Waals surface area contributed by atoms with Crippen LogP contribution in [0.25, 0.3) is 0 Å². The molecule has 0 aromatic heterocycles. The summed E-state index contributed by atoms with van der Waals surface area (Å²) >= 11 is 0. The van der Waals surface area contributed by atoms with Gasteiger partial charge in [-0.05, 0) is 24.3 Å². The Bertz CT molecular complexity index is 1110. The minimum Gasteiger partial charge on any atom is -0.508 e. The highest BCUT2D eigenvalue weighted by Crippen LogP contribution is 2.57. The van der Waals surface area contributed by atoms with E-state index < -0.39 is 11.6 Å². The number of hydrogen-bond acceptors (Lipinski definition) is 6. The molecule has 0 saturated heterocycles. The number of benzene rings is 3. The molecular formula is C20H13NO5. The van der Waals surface area contributed by atoms with Crippen molar-refractivity contribution in [2.75, 3.05) is 5.73 Å². The zero-order chi connectivity index (χ0) is 18.1. The molecule has 0 fully saturated rings. The number of anilines is 1. The third-order valence-electron chi connectivity index (χ3n) is 4.84. The predicted molar refractivity (Wildman–Crippen MR) is 92.4 cm³/mol. The zero-order valence-corrected chi connectivity index (χ0v) is 13.4. The Balaban J connectivity index is 1.92. The first kappa shape index (κ1) is 14.7. The van der Waals surface area contributed by atoms with Gasteiger partial charge in [0.05, 0.1) is 11.3 Å². The van der Waals surface area contributed by atoms with E-state index in [1.807, 2.05) is 12.1 Å². The first-order valence-electron chi connectivity index (χ1n) is 7.98. The van der Waals surface area contributed by atoms with Crippen LogP contribution < -0.4 is 10.5 Å². The Kier molecular flexibility index (Phi) is 2.65. The van der Waals surface area contributed by atoms with Gasteiger partial charge in [-0.1, -0.05) is 18.2 Å². The van der Waals surface area contributed by atoms with Crippen molar-refractivity contribution in [1.82, 2.24) is 0 Å². The molecule has 3 aromatic carbocycles. The maximum absolute atomic E-state index is 12.6. The van der Waals surface area contributed by atoms with Crippen molar-refractivity contribution in [3.05, 3.63) is 76.9 Å². The van der Waals surface area contributed by atoms with Gasteiger partial charge in [-0.2, -0.15) is 0 Å². The number of hydrogen-bond donors (Lipinski definition) is 3. The van der Waals surface area contributed by atoms with Crippen molar-refractivity contribution in [3.8, 4) is 23.0 Å². The maximum Gasteiger partial charge on any atom is 0.340 e. The number of fused-ring (bicyclic) bond motifs is 6. The van der Waals surface area contributed by atoms with Gasteiger partial charge in [-0.3, -0.25) is 0 Å². The molecule has 128 valence electrons. The van der Waals surface area contributed by atoms with E-state index in [1.54, 1.807) is 24.3 Å². The number of esters is 1. The van der Waals surface area contributed by atoms with Crippen molar-refractivity contribution in [3.63, 3.8) is 0 Å². The molecule has 1 unspecified atom stereocenters. The number of carbonyl (C=O) groups is 1. The second-order valence-electron chi connectivity index (χ2n) is 6.31. The van der Waals surface area contributed by atoms with Gasteiger partial charge >= 0.3 is 5.97 Å². The van der Waals surface area contributed by atoms with Gasteiger partial charge in [0.25, 0.3) is 0 Å². The van der Waals surface area contributed by atoms with E-state index in [4.69, 9.17) is 15.2 Å². The number of aromatic hydroxyl groups is 2. The van der Waals surface area contributed by atoms with E-state index in [-0.39, 0.29) is 17.2 Å². The molecule has 6 heteroatoms. The van der Waals surface area contributed by atoms with Crippen LogP contribution in [0.15, 0.2) is 54.6 Å². The summed E-state index contributed by atoms with van der Waals surface area (Å²) in [5.74, 6) is 0.0596. The lowest BCUT2D eigenvalue weighted by Gasteiger charge is -2.36. The van der Waals surface area contributed by atoms with Gasteiger partial charge in [0, 0.05) is 28.8 Å². The number of carbonyl (C=O) groups excluding carboxylic acids is 1. The molecule has 4 N–H and O–H groups in total. The van der Waals surface area contributed by atoms with E-state index in [9.17, 15) is 15.0 Å². The van der Waals surface area contributed by atoms with Crippen LogP contribution in [0.3, 0.4) is 0 Å². The summed E-state index contributed by atoms with van der Waals surface area (Å²) in [7, 11) is 0. The lowest BCUT2D eigenvalue weighted by Crippen LogP contribution is -2.33. The lowest BCUT2D eigenvalue weighted by atomic mass is 9.77. The van der Waals surface area contributed by atoms with Crippen LogP contribution in [0.4, 0.5) is 5.69 Å². The van der Waals surface area contributed by atoms with Crippen LogP contribution >= 0.6 is 0 Å². The standard InChI is InChI=1S/C20H13NO5/c21-15-8-14-18(9-16(15)23)25-17-7-10(22)5-6-13(17)20(14)12-4-2-1-3-11(12)19(24)26-20/h1-9,22-23H,21H2. The van der Waals surface area contributed by atoms with Crippen molar-refractivity contribution >= 4 is 11.7 Å². The molecule has 2 aliphatic heterocycles. The topological polar surface area (TPSA) is 102 Å². The molecule has 6 nitrogen and oxygen atoms in total. The van der Waals surface area contributed by atoms with Gasteiger partial charge in [0.2, 0.25) is 0 Å². The highest BCUT2D eigenvalue weighted by atomic mass is 16.6. The van der Waals surface area contributed by atoms with E-state index in [0.29, 0.717) is 33.8 Å². The Morgan fingerprint density at radius 2 is 1.65 bits per heavy atom.